The maximum absolute atomic E-state index is 13.1. The highest BCUT2D eigenvalue weighted by Gasteiger charge is 2.32. The Balaban J connectivity index is 1.34. The molecule has 0 radical (unpaired) electrons. The molecule has 1 atom stereocenters. The van der Waals surface area contributed by atoms with E-state index in [1.165, 1.54) is 24.7 Å². The molecular formula is C23H21N7O4. The van der Waals surface area contributed by atoms with Crippen LogP contribution in [0.2, 0.25) is 0 Å². The van der Waals surface area contributed by atoms with Gasteiger partial charge in [-0.2, -0.15) is 0 Å². The molecule has 0 saturated carbocycles. The third-order valence-electron chi connectivity index (χ3n) is 5.50. The summed E-state index contributed by atoms with van der Waals surface area (Å²) < 4.78 is 12.8. The van der Waals surface area contributed by atoms with Crippen molar-refractivity contribution in [1.82, 2.24) is 30.0 Å². The van der Waals surface area contributed by atoms with Crippen molar-refractivity contribution in [2.75, 3.05) is 25.7 Å². The predicted octanol–water partition coefficient (Wildman–Crippen LogP) is 1.43. The Morgan fingerprint density at radius 1 is 1.21 bits per heavy atom. The molecule has 3 heterocycles. The van der Waals surface area contributed by atoms with E-state index in [0.29, 0.717) is 34.8 Å². The molecule has 172 valence electrons. The molecule has 0 saturated heterocycles. The number of methoxy groups -OCH3 is 1. The Morgan fingerprint density at radius 3 is 2.82 bits per heavy atom. The van der Waals surface area contributed by atoms with Crippen LogP contribution in [0.15, 0.2) is 55.1 Å². The number of nitrogens with zero attached hydrogens (tertiary/aromatic N) is 6. The van der Waals surface area contributed by atoms with Crippen molar-refractivity contribution >= 4 is 28.4 Å². The van der Waals surface area contributed by atoms with Gasteiger partial charge in [0.2, 0.25) is 11.7 Å². The van der Waals surface area contributed by atoms with Crippen molar-refractivity contribution in [2.45, 2.75) is 12.6 Å². The lowest BCUT2D eigenvalue weighted by atomic mass is 10.2. The zero-order valence-corrected chi connectivity index (χ0v) is 18.5. The number of benzene rings is 2. The van der Waals surface area contributed by atoms with Gasteiger partial charge in [0.05, 0.1) is 30.2 Å². The molecule has 0 unspecified atom stereocenters. The van der Waals surface area contributed by atoms with Gasteiger partial charge in [-0.15, -0.1) is 5.10 Å². The fraction of sp³-hybridized carbons (Fsp3) is 0.217. The van der Waals surface area contributed by atoms with Gasteiger partial charge in [-0.1, -0.05) is 30.3 Å². The number of likely N-dealkylation sites (N-methyl/N-ethyl adjacent to an activating group) is 1. The van der Waals surface area contributed by atoms with Gasteiger partial charge in [0.15, 0.2) is 0 Å². The lowest BCUT2D eigenvalue weighted by molar-refractivity contribution is -0.120. The normalized spacial score (nSPS) is 15.4. The fourth-order valence-electron chi connectivity index (χ4n) is 3.76. The Bertz CT molecular complexity index is 1370. The summed E-state index contributed by atoms with van der Waals surface area (Å²) in [6, 6.07) is 12.2. The van der Waals surface area contributed by atoms with E-state index >= 15 is 0 Å². The molecule has 0 fully saturated rings. The molecule has 1 aliphatic heterocycles. The van der Waals surface area contributed by atoms with Gasteiger partial charge in [-0.3, -0.25) is 9.59 Å². The lowest BCUT2D eigenvalue weighted by Gasteiger charge is -2.20. The number of carbonyl (C=O) groups excluding carboxylic acids is 2. The molecule has 2 amide bonds. The van der Waals surface area contributed by atoms with Crippen LogP contribution in [0.1, 0.15) is 16.2 Å². The van der Waals surface area contributed by atoms with Crippen LogP contribution < -0.4 is 19.7 Å². The van der Waals surface area contributed by atoms with Crippen LogP contribution in [-0.4, -0.2) is 63.4 Å². The summed E-state index contributed by atoms with van der Waals surface area (Å²) >= 11 is 0. The van der Waals surface area contributed by atoms with E-state index in [9.17, 15) is 9.59 Å². The molecule has 1 N–H and O–H groups in total. The van der Waals surface area contributed by atoms with E-state index in [1.54, 1.807) is 23.9 Å². The van der Waals surface area contributed by atoms with E-state index in [0.717, 1.165) is 5.56 Å². The summed E-state index contributed by atoms with van der Waals surface area (Å²) in [6.45, 7) is 0.422. The highest BCUT2D eigenvalue weighted by Crippen LogP contribution is 2.36. The molecule has 34 heavy (non-hydrogen) atoms. The van der Waals surface area contributed by atoms with Gasteiger partial charge in [-0.25, -0.2) is 19.6 Å². The zero-order valence-electron chi connectivity index (χ0n) is 18.5. The number of hydrogen-bond donors (Lipinski definition) is 1. The molecule has 0 aliphatic carbocycles. The number of amides is 2. The van der Waals surface area contributed by atoms with Crippen LogP contribution in [0, 0.1) is 0 Å². The summed E-state index contributed by atoms with van der Waals surface area (Å²) in [6.07, 6.45) is 2.88. The molecular weight excluding hydrogens is 438 g/mol. The SMILES string of the molecule is COc1ncnc2cc3c(cc12)N(C)C(=O)[C@@H](NC(=O)c1ncn(Cc2ccccc2)n1)CO3. The highest BCUT2D eigenvalue weighted by molar-refractivity contribution is 6.04. The number of rotatable bonds is 5. The molecule has 11 heteroatoms. The van der Waals surface area contributed by atoms with Gasteiger partial charge in [0, 0.05) is 13.1 Å². The molecule has 0 bridgehead atoms. The summed E-state index contributed by atoms with van der Waals surface area (Å²) in [7, 11) is 3.13. The average Bonchev–Trinajstić information content (AvgIpc) is 3.29. The van der Waals surface area contributed by atoms with Crippen LogP contribution in [0.25, 0.3) is 10.9 Å². The van der Waals surface area contributed by atoms with Crippen LogP contribution >= 0.6 is 0 Å². The monoisotopic (exact) mass is 459 g/mol. The molecule has 2 aromatic carbocycles. The fourth-order valence-corrected chi connectivity index (χ4v) is 3.76. The van der Waals surface area contributed by atoms with Crippen molar-refractivity contribution in [2.24, 2.45) is 0 Å². The van der Waals surface area contributed by atoms with Crippen molar-refractivity contribution in [1.29, 1.82) is 0 Å². The first kappa shape index (κ1) is 21.3. The van der Waals surface area contributed by atoms with Crippen molar-refractivity contribution < 1.29 is 19.1 Å². The molecule has 11 nitrogen and oxygen atoms in total. The third-order valence-corrected chi connectivity index (χ3v) is 5.50. The first-order valence-corrected chi connectivity index (χ1v) is 10.5. The van der Waals surface area contributed by atoms with E-state index in [2.05, 4.69) is 25.4 Å². The van der Waals surface area contributed by atoms with Crippen LogP contribution in [-0.2, 0) is 11.3 Å². The Hall–Kier alpha value is -4.54. The second kappa shape index (κ2) is 8.77. The van der Waals surface area contributed by atoms with Gasteiger partial charge in [0.25, 0.3) is 11.8 Å². The quantitative estimate of drug-likeness (QED) is 0.475. The van der Waals surface area contributed by atoms with E-state index in [1.807, 2.05) is 30.3 Å². The maximum atomic E-state index is 13.1. The van der Waals surface area contributed by atoms with Gasteiger partial charge in [-0.05, 0) is 11.6 Å². The van der Waals surface area contributed by atoms with Crippen LogP contribution in [0.4, 0.5) is 5.69 Å². The highest BCUT2D eigenvalue weighted by atomic mass is 16.5. The molecule has 5 rings (SSSR count). The largest absolute Gasteiger partial charge is 0.489 e. The lowest BCUT2D eigenvalue weighted by Crippen LogP contribution is -2.49. The number of hydrogen-bond acceptors (Lipinski definition) is 8. The maximum Gasteiger partial charge on any atom is 0.291 e. The van der Waals surface area contributed by atoms with Crippen LogP contribution in [0.3, 0.4) is 0 Å². The molecule has 1 aliphatic rings. The summed E-state index contributed by atoms with van der Waals surface area (Å²) in [5.74, 6) is -0.0817. The topological polar surface area (TPSA) is 124 Å². The Kier molecular flexibility index (Phi) is 5.50. The van der Waals surface area contributed by atoms with E-state index in [4.69, 9.17) is 9.47 Å². The molecule has 0 spiro atoms. The van der Waals surface area contributed by atoms with E-state index in [-0.39, 0.29) is 18.3 Å². The minimum Gasteiger partial charge on any atom is -0.489 e. The van der Waals surface area contributed by atoms with E-state index < -0.39 is 11.9 Å². The molecule has 4 aromatic rings. The summed E-state index contributed by atoms with van der Waals surface area (Å²) in [5, 5.41) is 7.56. The van der Waals surface area contributed by atoms with Crippen LogP contribution in [0.5, 0.6) is 11.6 Å². The number of ether oxygens (including phenoxy) is 2. The first-order valence-electron chi connectivity index (χ1n) is 10.5. The first-order chi connectivity index (χ1) is 16.5. The smallest absolute Gasteiger partial charge is 0.291 e. The Labute approximate surface area is 194 Å². The second-order valence-electron chi connectivity index (χ2n) is 7.71. The Morgan fingerprint density at radius 2 is 2.03 bits per heavy atom. The van der Waals surface area contributed by atoms with Crippen molar-refractivity contribution in [3.05, 3.63) is 66.5 Å². The third kappa shape index (κ3) is 3.98. The number of carbonyl (C=O) groups is 2. The minimum atomic E-state index is -0.929. The number of nitrogens with one attached hydrogen (secondary N) is 1. The summed E-state index contributed by atoms with van der Waals surface area (Å²) in [5.41, 5.74) is 2.16. The number of anilines is 1. The average molecular weight is 459 g/mol. The second-order valence-corrected chi connectivity index (χ2v) is 7.71. The van der Waals surface area contributed by atoms with Gasteiger partial charge < -0.3 is 19.7 Å². The van der Waals surface area contributed by atoms with Gasteiger partial charge in [0.1, 0.15) is 31.1 Å². The molecule has 2 aromatic heterocycles. The minimum absolute atomic E-state index is 0.0288. The zero-order chi connectivity index (χ0) is 23.7. The number of fused-ring (bicyclic) bond motifs is 2. The van der Waals surface area contributed by atoms with Crippen molar-refractivity contribution in [3.63, 3.8) is 0 Å². The van der Waals surface area contributed by atoms with Gasteiger partial charge >= 0.3 is 0 Å². The summed E-state index contributed by atoms with van der Waals surface area (Å²) in [4.78, 5) is 39.8. The van der Waals surface area contributed by atoms with Crippen molar-refractivity contribution in [3.8, 4) is 11.6 Å². The standard InChI is InChI=1S/C23H21N7O4/c1-29-18-8-15-16(24-12-25-22(15)33-2)9-19(18)34-11-17(23(29)32)27-21(31)20-26-13-30(28-20)10-14-6-4-3-5-7-14/h3-9,12-13,17H,10-11H2,1-2H3,(H,27,31)/t17-/m0/s1. The number of aromatic nitrogens is 5. The predicted molar refractivity (Wildman–Crippen MR) is 122 cm³/mol.